The molecule has 0 aliphatic heterocycles. The monoisotopic (exact) mass is 376 g/mol. The molecule has 1 aromatic carbocycles. The highest BCUT2D eigenvalue weighted by molar-refractivity contribution is 5.62. The topological polar surface area (TPSA) is 164 Å². The Kier molecular flexibility index (Phi) is 9.86. The number of rotatable bonds is 14. The number of nitro groups is 2. The lowest BCUT2D eigenvalue weighted by Gasteiger charge is -2.13. The van der Waals surface area contributed by atoms with Crippen molar-refractivity contribution in [2.75, 3.05) is 52.9 Å². The van der Waals surface area contributed by atoms with Gasteiger partial charge < -0.3 is 29.2 Å². The SMILES string of the molecule is O=[N+]([O-])c1cc(OCCOCCO)c(OCCOCCO)cc1[N+](=O)[O-]. The highest BCUT2D eigenvalue weighted by Crippen LogP contribution is 2.39. The van der Waals surface area contributed by atoms with Gasteiger partial charge in [-0.1, -0.05) is 0 Å². The summed E-state index contributed by atoms with van der Waals surface area (Å²) in [5.74, 6) is -0.117. The van der Waals surface area contributed by atoms with Crippen LogP contribution in [0.15, 0.2) is 12.1 Å². The van der Waals surface area contributed by atoms with Crippen LogP contribution < -0.4 is 9.47 Å². The van der Waals surface area contributed by atoms with Gasteiger partial charge in [-0.2, -0.15) is 0 Å². The maximum atomic E-state index is 11.0. The van der Waals surface area contributed by atoms with E-state index in [2.05, 4.69) is 0 Å². The van der Waals surface area contributed by atoms with Gasteiger partial charge in [0, 0.05) is 0 Å². The molecule has 0 radical (unpaired) electrons. The van der Waals surface area contributed by atoms with Gasteiger partial charge in [-0.15, -0.1) is 0 Å². The molecule has 1 rings (SSSR count). The van der Waals surface area contributed by atoms with Crippen LogP contribution in [0.25, 0.3) is 0 Å². The molecule has 0 spiro atoms. The molecule has 12 heteroatoms. The summed E-state index contributed by atoms with van der Waals surface area (Å²) in [6, 6.07) is 1.82. The smallest absolute Gasteiger partial charge is 0.350 e. The van der Waals surface area contributed by atoms with Gasteiger partial charge in [0.1, 0.15) is 13.2 Å². The molecule has 146 valence electrons. The van der Waals surface area contributed by atoms with E-state index < -0.39 is 21.2 Å². The Hall–Kier alpha value is -2.54. The van der Waals surface area contributed by atoms with Crippen LogP contribution in [0.1, 0.15) is 0 Å². The van der Waals surface area contributed by atoms with Gasteiger partial charge in [-0.25, -0.2) is 0 Å². The maximum Gasteiger partial charge on any atom is 0.350 e. The van der Waals surface area contributed by atoms with Gasteiger partial charge in [0.2, 0.25) is 0 Å². The first kappa shape index (κ1) is 21.5. The van der Waals surface area contributed by atoms with Crippen molar-refractivity contribution in [3.8, 4) is 11.5 Å². The molecule has 0 aliphatic carbocycles. The third-order valence-electron chi connectivity index (χ3n) is 2.88. The number of aliphatic hydroxyl groups excluding tert-OH is 2. The van der Waals surface area contributed by atoms with Crippen LogP contribution in [0.4, 0.5) is 11.4 Å². The molecule has 1 aromatic rings. The number of hydrogen-bond acceptors (Lipinski definition) is 10. The van der Waals surface area contributed by atoms with Crippen molar-refractivity contribution in [1.29, 1.82) is 0 Å². The zero-order valence-corrected chi connectivity index (χ0v) is 13.9. The van der Waals surface area contributed by atoms with Gasteiger partial charge in [-0.05, 0) is 0 Å². The van der Waals surface area contributed by atoms with E-state index in [1.807, 2.05) is 0 Å². The number of benzene rings is 1. The molecule has 0 amide bonds. The molecule has 0 saturated heterocycles. The average Bonchev–Trinajstić information content (AvgIpc) is 2.61. The van der Waals surface area contributed by atoms with Gasteiger partial charge in [-0.3, -0.25) is 20.2 Å². The summed E-state index contributed by atoms with van der Waals surface area (Å²) in [6.45, 7) is 0.0779. The summed E-state index contributed by atoms with van der Waals surface area (Å²) in [4.78, 5) is 20.3. The number of hydrogen-bond donors (Lipinski definition) is 2. The lowest BCUT2D eigenvalue weighted by molar-refractivity contribution is -0.422. The van der Waals surface area contributed by atoms with Gasteiger partial charge in [0.25, 0.3) is 0 Å². The standard InChI is InChI=1S/C14H20N2O10/c17-1-3-23-5-7-25-13-9-11(15(19)20)12(16(21)22)10-14(13)26-8-6-24-4-2-18/h9-10,17-18H,1-8H2. The summed E-state index contributed by atoms with van der Waals surface area (Å²) in [5.41, 5.74) is -1.46. The predicted octanol–water partition coefficient (Wildman–Crippen LogP) is 0.278. The van der Waals surface area contributed by atoms with Crippen molar-refractivity contribution >= 4 is 11.4 Å². The fraction of sp³-hybridized carbons (Fsp3) is 0.571. The molecule has 12 nitrogen and oxygen atoms in total. The quantitative estimate of drug-likeness (QED) is 0.262. The lowest BCUT2D eigenvalue weighted by atomic mass is 10.2. The molecular formula is C14H20N2O10. The zero-order chi connectivity index (χ0) is 19.4. The van der Waals surface area contributed by atoms with Crippen LogP contribution in [0.2, 0.25) is 0 Å². The first-order valence-corrected chi connectivity index (χ1v) is 7.60. The summed E-state index contributed by atoms with van der Waals surface area (Å²) in [6.07, 6.45) is 0. The fourth-order valence-corrected chi connectivity index (χ4v) is 1.81. The second kappa shape index (κ2) is 11.9. The van der Waals surface area contributed by atoms with E-state index in [4.69, 9.17) is 29.2 Å². The largest absolute Gasteiger partial charge is 0.487 e. The number of aliphatic hydroxyl groups is 2. The van der Waals surface area contributed by atoms with E-state index >= 15 is 0 Å². The van der Waals surface area contributed by atoms with Crippen molar-refractivity contribution in [3.63, 3.8) is 0 Å². The van der Waals surface area contributed by atoms with E-state index in [-0.39, 0.29) is 64.4 Å². The normalized spacial score (nSPS) is 10.5. The minimum absolute atomic E-state index is 0.00760. The molecule has 0 unspecified atom stereocenters. The zero-order valence-electron chi connectivity index (χ0n) is 13.9. The van der Waals surface area contributed by atoms with Crippen molar-refractivity contribution in [3.05, 3.63) is 32.4 Å². The Balaban J connectivity index is 2.91. The van der Waals surface area contributed by atoms with Crippen LogP contribution in [0, 0.1) is 20.2 Å². The summed E-state index contributed by atoms with van der Waals surface area (Å²) >= 11 is 0. The first-order chi connectivity index (χ1) is 12.5. The second-order valence-electron chi connectivity index (χ2n) is 4.67. The van der Waals surface area contributed by atoms with E-state index in [9.17, 15) is 20.2 Å². The summed E-state index contributed by atoms with van der Waals surface area (Å²) < 4.78 is 20.7. The third-order valence-corrected chi connectivity index (χ3v) is 2.88. The minimum Gasteiger partial charge on any atom is -0.487 e. The molecule has 0 bridgehead atoms. The molecule has 0 atom stereocenters. The van der Waals surface area contributed by atoms with E-state index in [1.54, 1.807) is 0 Å². The van der Waals surface area contributed by atoms with Gasteiger partial charge in [0.15, 0.2) is 11.5 Å². The Bertz CT molecular complexity index is 544. The van der Waals surface area contributed by atoms with Crippen molar-refractivity contribution in [1.82, 2.24) is 0 Å². The van der Waals surface area contributed by atoms with Crippen molar-refractivity contribution < 1.29 is 39.0 Å². The maximum absolute atomic E-state index is 11.0. The van der Waals surface area contributed by atoms with Crippen LogP contribution in [-0.4, -0.2) is 72.9 Å². The number of nitrogens with zero attached hydrogens (tertiary/aromatic N) is 2. The molecule has 0 heterocycles. The number of nitro benzene ring substituents is 2. The molecule has 0 fully saturated rings. The number of ether oxygens (including phenoxy) is 4. The average molecular weight is 376 g/mol. The third kappa shape index (κ3) is 7.14. The van der Waals surface area contributed by atoms with Crippen LogP contribution in [0.5, 0.6) is 11.5 Å². The minimum atomic E-state index is -0.888. The fourth-order valence-electron chi connectivity index (χ4n) is 1.81. The van der Waals surface area contributed by atoms with Crippen LogP contribution in [0.3, 0.4) is 0 Å². The van der Waals surface area contributed by atoms with Crippen molar-refractivity contribution in [2.24, 2.45) is 0 Å². The van der Waals surface area contributed by atoms with E-state index in [0.29, 0.717) is 0 Å². The Morgan fingerprint density at radius 3 is 1.42 bits per heavy atom. The molecule has 26 heavy (non-hydrogen) atoms. The van der Waals surface area contributed by atoms with Crippen molar-refractivity contribution in [2.45, 2.75) is 0 Å². The Morgan fingerprint density at radius 2 is 1.12 bits per heavy atom. The summed E-state index contributed by atoms with van der Waals surface area (Å²) in [7, 11) is 0. The molecule has 0 saturated carbocycles. The molecular weight excluding hydrogens is 356 g/mol. The lowest BCUT2D eigenvalue weighted by Crippen LogP contribution is -2.12. The van der Waals surface area contributed by atoms with E-state index in [0.717, 1.165) is 12.1 Å². The first-order valence-electron chi connectivity index (χ1n) is 7.60. The molecule has 0 aromatic heterocycles. The van der Waals surface area contributed by atoms with Crippen LogP contribution in [-0.2, 0) is 9.47 Å². The Morgan fingerprint density at radius 1 is 0.731 bits per heavy atom. The summed E-state index contributed by atoms with van der Waals surface area (Å²) in [5, 5.41) is 39.3. The second-order valence-corrected chi connectivity index (χ2v) is 4.67. The Labute approximate surface area is 148 Å². The predicted molar refractivity (Wildman–Crippen MR) is 86.6 cm³/mol. The highest BCUT2D eigenvalue weighted by Gasteiger charge is 2.28. The molecule has 0 aliphatic rings. The van der Waals surface area contributed by atoms with Crippen LogP contribution >= 0.6 is 0 Å². The van der Waals surface area contributed by atoms with E-state index in [1.165, 1.54) is 0 Å². The van der Waals surface area contributed by atoms with Gasteiger partial charge in [0.05, 0.1) is 61.6 Å². The molecule has 2 N–H and O–H groups in total. The van der Waals surface area contributed by atoms with Gasteiger partial charge >= 0.3 is 11.4 Å². The highest BCUT2D eigenvalue weighted by atomic mass is 16.6.